The maximum Gasteiger partial charge on any atom is 0.333 e. The van der Waals surface area contributed by atoms with Crippen molar-refractivity contribution in [3.8, 4) is 0 Å². The van der Waals surface area contributed by atoms with Gasteiger partial charge in [0.25, 0.3) is 0 Å². The number of amides is 2. The van der Waals surface area contributed by atoms with Crippen molar-refractivity contribution in [2.24, 2.45) is 17.8 Å². The molecule has 1 saturated heterocycles. The fourth-order valence-electron chi connectivity index (χ4n) is 3.22. The third-order valence-electron chi connectivity index (χ3n) is 4.38. The zero-order valence-electron chi connectivity index (χ0n) is 12.9. The molecular formula is C16H23NO4. The van der Waals surface area contributed by atoms with Crippen LogP contribution in [0.2, 0.25) is 0 Å². The topological polar surface area (TPSA) is 63.7 Å². The molecule has 21 heavy (non-hydrogen) atoms. The number of hydrogen-bond acceptors (Lipinski definition) is 4. The third kappa shape index (κ3) is 3.17. The summed E-state index contributed by atoms with van der Waals surface area (Å²) < 4.78 is 5.16. The second-order valence-electron chi connectivity index (χ2n) is 6.41. The molecule has 1 aliphatic heterocycles. The molecule has 4 unspecified atom stereocenters. The number of fused-ring (bicyclic) bond motifs is 1. The van der Waals surface area contributed by atoms with Crippen LogP contribution in [0, 0.1) is 17.8 Å². The molecule has 2 amide bonds. The molecule has 0 aromatic carbocycles. The molecule has 4 atom stereocenters. The van der Waals surface area contributed by atoms with Gasteiger partial charge in [-0.25, -0.2) is 4.79 Å². The predicted molar refractivity (Wildman–Crippen MR) is 77.1 cm³/mol. The first-order valence-electron chi connectivity index (χ1n) is 7.53. The minimum absolute atomic E-state index is 0.102. The average molecular weight is 293 g/mol. The average Bonchev–Trinajstić information content (AvgIpc) is 2.63. The van der Waals surface area contributed by atoms with E-state index in [0.29, 0.717) is 11.5 Å². The van der Waals surface area contributed by atoms with Gasteiger partial charge in [0.05, 0.1) is 18.4 Å². The van der Waals surface area contributed by atoms with Crippen LogP contribution in [0.15, 0.2) is 12.2 Å². The number of carbonyl (C=O) groups is 3. The molecule has 0 N–H and O–H groups in total. The predicted octanol–water partition coefficient (Wildman–Crippen LogP) is 1.92. The quantitative estimate of drug-likeness (QED) is 0.451. The Morgan fingerprint density at radius 3 is 2.57 bits per heavy atom. The molecule has 0 spiro atoms. The normalized spacial score (nSPS) is 30.0. The molecule has 1 aliphatic carbocycles. The summed E-state index contributed by atoms with van der Waals surface area (Å²) >= 11 is 0. The van der Waals surface area contributed by atoms with Crippen molar-refractivity contribution in [2.75, 3.05) is 6.54 Å². The fourth-order valence-corrected chi connectivity index (χ4v) is 3.22. The largest absolute Gasteiger partial charge is 0.457 e. The monoisotopic (exact) mass is 293 g/mol. The van der Waals surface area contributed by atoms with Crippen LogP contribution in [0.3, 0.4) is 0 Å². The molecule has 1 saturated carbocycles. The van der Waals surface area contributed by atoms with E-state index in [2.05, 4.69) is 13.5 Å². The number of imide groups is 1. The molecule has 0 aromatic heterocycles. The third-order valence-corrected chi connectivity index (χ3v) is 4.38. The van der Waals surface area contributed by atoms with Gasteiger partial charge in [0.2, 0.25) is 11.8 Å². The SMILES string of the molecule is C=C(C)C(=O)OC(C)CN1C(=O)C2CCC(C)CC2C1=O. The van der Waals surface area contributed by atoms with E-state index in [4.69, 9.17) is 4.74 Å². The van der Waals surface area contributed by atoms with E-state index >= 15 is 0 Å². The Morgan fingerprint density at radius 1 is 1.33 bits per heavy atom. The number of hydrogen-bond donors (Lipinski definition) is 0. The van der Waals surface area contributed by atoms with Gasteiger partial charge in [0.1, 0.15) is 6.10 Å². The van der Waals surface area contributed by atoms with Crippen molar-refractivity contribution in [1.82, 2.24) is 4.90 Å². The van der Waals surface area contributed by atoms with Crippen molar-refractivity contribution >= 4 is 17.8 Å². The highest BCUT2D eigenvalue weighted by molar-refractivity contribution is 6.05. The van der Waals surface area contributed by atoms with Crippen LogP contribution < -0.4 is 0 Å². The number of rotatable bonds is 4. The molecule has 0 radical (unpaired) electrons. The van der Waals surface area contributed by atoms with Gasteiger partial charge in [0, 0.05) is 5.57 Å². The molecule has 1 heterocycles. The van der Waals surface area contributed by atoms with E-state index in [1.807, 2.05) is 0 Å². The molecule has 2 aliphatic rings. The van der Waals surface area contributed by atoms with Crippen LogP contribution in [0.5, 0.6) is 0 Å². The zero-order valence-corrected chi connectivity index (χ0v) is 12.9. The van der Waals surface area contributed by atoms with Gasteiger partial charge in [0.15, 0.2) is 0 Å². The highest BCUT2D eigenvalue weighted by atomic mass is 16.5. The Morgan fingerprint density at radius 2 is 1.95 bits per heavy atom. The smallest absolute Gasteiger partial charge is 0.333 e. The number of carbonyl (C=O) groups excluding carboxylic acids is 3. The first-order chi connectivity index (χ1) is 9.81. The van der Waals surface area contributed by atoms with E-state index in [1.165, 1.54) is 4.90 Å². The highest BCUT2D eigenvalue weighted by Crippen LogP contribution is 2.40. The van der Waals surface area contributed by atoms with Gasteiger partial charge in [-0.1, -0.05) is 13.5 Å². The Hall–Kier alpha value is -1.65. The summed E-state index contributed by atoms with van der Waals surface area (Å²) in [7, 11) is 0. The molecule has 5 heteroatoms. The van der Waals surface area contributed by atoms with Crippen LogP contribution in [0.4, 0.5) is 0 Å². The standard InChI is InChI=1S/C16H23NO4/c1-9(2)16(20)21-11(4)8-17-14(18)12-6-5-10(3)7-13(12)15(17)19/h10-13H,1,5-8H2,2-4H3. The number of esters is 1. The highest BCUT2D eigenvalue weighted by Gasteiger charge is 2.49. The van der Waals surface area contributed by atoms with E-state index in [0.717, 1.165) is 19.3 Å². The Labute approximate surface area is 125 Å². The summed E-state index contributed by atoms with van der Waals surface area (Å²) in [5.41, 5.74) is 0.309. The second-order valence-corrected chi connectivity index (χ2v) is 6.41. The first kappa shape index (κ1) is 15.7. The summed E-state index contributed by atoms with van der Waals surface area (Å²) in [6, 6.07) is 0. The number of likely N-dealkylation sites (tertiary alicyclic amines) is 1. The van der Waals surface area contributed by atoms with Gasteiger partial charge >= 0.3 is 5.97 Å². The van der Waals surface area contributed by atoms with E-state index in [-0.39, 0.29) is 30.2 Å². The fraction of sp³-hybridized carbons (Fsp3) is 0.688. The lowest BCUT2D eigenvalue weighted by molar-refractivity contribution is -0.150. The minimum atomic E-state index is -0.514. The Balaban J connectivity index is 2.00. The molecule has 5 nitrogen and oxygen atoms in total. The lowest BCUT2D eigenvalue weighted by atomic mass is 9.76. The second kappa shape index (κ2) is 6.00. The Kier molecular flexibility index (Phi) is 4.49. The molecule has 0 bridgehead atoms. The van der Waals surface area contributed by atoms with Gasteiger partial charge < -0.3 is 4.74 Å². The van der Waals surface area contributed by atoms with Crippen molar-refractivity contribution in [1.29, 1.82) is 0 Å². The van der Waals surface area contributed by atoms with Crippen molar-refractivity contribution in [3.05, 3.63) is 12.2 Å². The van der Waals surface area contributed by atoms with Crippen LogP contribution >= 0.6 is 0 Å². The summed E-state index contributed by atoms with van der Waals surface area (Å²) in [5.74, 6) is -0.554. The van der Waals surface area contributed by atoms with E-state index in [1.54, 1.807) is 13.8 Å². The number of nitrogens with zero attached hydrogens (tertiary/aromatic N) is 1. The van der Waals surface area contributed by atoms with Crippen LogP contribution in [-0.4, -0.2) is 35.3 Å². The van der Waals surface area contributed by atoms with Crippen LogP contribution in [0.1, 0.15) is 40.0 Å². The summed E-state index contributed by atoms with van der Waals surface area (Å²) in [5, 5.41) is 0. The van der Waals surface area contributed by atoms with Gasteiger partial charge in [-0.3, -0.25) is 14.5 Å². The first-order valence-corrected chi connectivity index (χ1v) is 7.53. The van der Waals surface area contributed by atoms with Crippen LogP contribution in [0.25, 0.3) is 0 Å². The number of ether oxygens (including phenoxy) is 1. The molecule has 2 rings (SSSR count). The molecule has 116 valence electrons. The van der Waals surface area contributed by atoms with E-state index < -0.39 is 12.1 Å². The molecular weight excluding hydrogens is 270 g/mol. The summed E-state index contributed by atoms with van der Waals surface area (Å²) in [6.07, 6.45) is 2.05. The summed E-state index contributed by atoms with van der Waals surface area (Å²) in [6.45, 7) is 9.02. The zero-order chi connectivity index (χ0) is 15.7. The molecule has 0 aromatic rings. The van der Waals surface area contributed by atoms with Gasteiger partial charge in [-0.05, 0) is 39.0 Å². The maximum atomic E-state index is 12.4. The lowest BCUT2D eigenvalue weighted by Gasteiger charge is -2.25. The Bertz CT molecular complexity index is 485. The lowest BCUT2D eigenvalue weighted by Crippen LogP contribution is -2.38. The minimum Gasteiger partial charge on any atom is -0.457 e. The molecule has 2 fully saturated rings. The maximum absolute atomic E-state index is 12.4. The van der Waals surface area contributed by atoms with Crippen molar-refractivity contribution < 1.29 is 19.1 Å². The summed E-state index contributed by atoms with van der Waals surface area (Å²) in [4.78, 5) is 37.5. The van der Waals surface area contributed by atoms with Gasteiger partial charge in [-0.15, -0.1) is 0 Å². The van der Waals surface area contributed by atoms with Crippen molar-refractivity contribution in [3.63, 3.8) is 0 Å². The van der Waals surface area contributed by atoms with Crippen molar-refractivity contribution in [2.45, 2.75) is 46.1 Å². The van der Waals surface area contributed by atoms with Crippen LogP contribution in [-0.2, 0) is 19.1 Å². The van der Waals surface area contributed by atoms with E-state index in [9.17, 15) is 14.4 Å². The van der Waals surface area contributed by atoms with Gasteiger partial charge in [-0.2, -0.15) is 0 Å².